The van der Waals surface area contributed by atoms with Crippen molar-refractivity contribution in [2.45, 2.75) is 18.2 Å². The molecular weight excluding hydrogens is 516 g/mol. The van der Waals surface area contributed by atoms with Crippen molar-refractivity contribution in [2.75, 3.05) is 65.4 Å². The first-order valence-electron chi connectivity index (χ1n) is 16.0. The first-order chi connectivity index (χ1) is 20.7. The normalized spacial score (nSPS) is 23.6. The lowest BCUT2D eigenvalue weighted by atomic mass is 9.96. The van der Waals surface area contributed by atoms with Crippen LogP contribution in [0, 0.1) is 0 Å². The quantitative estimate of drug-likeness (QED) is 0.177. The Morgan fingerprint density at radius 2 is 0.667 bits per heavy atom. The van der Waals surface area contributed by atoms with Crippen LogP contribution in [0.3, 0.4) is 0 Å². The van der Waals surface area contributed by atoms with Crippen molar-refractivity contribution >= 4 is 0 Å². The molecule has 5 heteroatoms. The van der Waals surface area contributed by atoms with E-state index in [9.17, 15) is 5.11 Å². The van der Waals surface area contributed by atoms with Crippen LogP contribution >= 0.6 is 0 Å². The van der Waals surface area contributed by atoms with Crippen molar-refractivity contribution < 1.29 is 24.7 Å². The molecule has 0 spiro atoms. The van der Waals surface area contributed by atoms with Crippen molar-refractivity contribution in [3.05, 3.63) is 144 Å². The van der Waals surface area contributed by atoms with Crippen LogP contribution < -0.4 is 19.6 Å². The third-order valence-electron chi connectivity index (χ3n) is 9.60. The third kappa shape index (κ3) is 7.17. The first kappa shape index (κ1) is 28.8. The number of nitrogens with one attached hydrogen (secondary N) is 4. The van der Waals surface area contributed by atoms with Crippen molar-refractivity contribution in [3.63, 3.8) is 0 Å². The highest BCUT2D eigenvalue weighted by atomic mass is 16.3. The summed E-state index contributed by atoms with van der Waals surface area (Å²) in [6, 6.07) is 44.7. The number of benzene rings is 4. The topological polar surface area (TPSA) is 38.0 Å². The lowest BCUT2D eigenvalue weighted by Gasteiger charge is -2.37. The maximum absolute atomic E-state index is 11.2. The van der Waals surface area contributed by atoms with Gasteiger partial charge in [-0.2, -0.15) is 0 Å². The third-order valence-corrected chi connectivity index (χ3v) is 9.60. The van der Waals surface area contributed by atoms with Gasteiger partial charge in [0, 0.05) is 22.3 Å². The van der Waals surface area contributed by atoms with Gasteiger partial charge in [0.05, 0.1) is 0 Å². The summed E-state index contributed by atoms with van der Waals surface area (Å²) in [6.45, 7) is 10.7. The maximum atomic E-state index is 11.2. The van der Waals surface area contributed by atoms with Crippen molar-refractivity contribution in [3.8, 4) is 0 Å². The number of quaternary nitrogens is 4. The molecule has 2 fully saturated rings. The molecule has 0 radical (unpaired) electrons. The van der Waals surface area contributed by atoms with Crippen molar-refractivity contribution in [2.24, 2.45) is 0 Å². The van der Waals surface area contributed by atoms with E-state index in [2.05, 4.69) is 121 Å². The summed E-state index contributed by atoms with van der Waals surface area (Å²) in [5.74, 6) is 0. The van der Waals surface area contributed by atoms with Gasteiger partial charge in [-0.05, 0) is 0 Å². The highest BCUT2D eigenvalue weighted by molar-refractivity contribution is 5.30. The second-order valence-corrected chi connectivity index (χ2v) is 12.4. The Labute approximate surface area is 251 Å². The second-order valence-electron chi connectivity index (χ2n) is 12.4. The molecule has 218 valence electrons. The predicted molar refractivity (Wildman–Crippen MR) is 168 cm³/mol. The fraction of sp³-hybridized carbons (Fsp3) is 0.351. The zero-order chi connectivity index (χ0) is 28.6. The SMILES string of the molecule is OC(C[NH+]1CC[NH+](C(c2ccccc2)c2ccccc2)CC1)C[NH+]1CC[NH+](C(c2ccccc2)c2ccccc2)CC1. The molecule has 0 amide bonds. The molecule has 2 aliphatic heterocycles. The van der Waals surface area contributed by atoms with E-state index in [1.165, 1.54) is 22.3 Å². The molecule has 4 aromatic carbocycles. The van der Waals surface area contributed by atoms with Gasteiger partial charge in [0.1, 0.15) is 77.5 Å². The predicted octanol–water partition coefficient (Wildman–Crippen LogP) is -0.507. The fourth-order valence-corrected chi connectivity index (χ4v) is 7.48. The molecule has 2 saturated heterocycles. The van der Waals surface area contributed by atoms with Gasteiger partial charge in [0.2, 0.25) is 0 Å². The molecule has 5 nitrogen and oxygen atoms in total. The van der Waals surface area contributed by atoms with Gasteiger partial charge in [-0.25, -0.2) is 0 Å². The summed E-state index contributed by atoms with van der Waals surface area (Å²) in [7, 11) is 0. The molecule has 2 aliphatic rings. The van der Waals surface area contributed by atoms with Gasteiger partial charge in [-0.15, -0.1) is 0 Å². The molecule has 0 atom stereocenters. The Bertz CT molecular complexity index is 1140. The summed E-state index contributed by atoms with van der Waals surface area (Å²) in [4.78, 5) is 6.40. The number of hydrogen-bond donors (Lipinski definition) is 5. The molecule has 0 unspecified atom stereocenters. The molecular formula is C37H48N4O+4. The van der Waals surface area contributed by atoms with Crippen LogP contribution in [-0.2, 0) is 0 Å². The summed E-state index contributed by atoms with van der Waals surface area (Å²) >= 11 is 0. The summed E-state index contributed by atoms with van der Waals surface area (Å²) in [6.07, 6.45) is -0.240. The average Bonchev–Trinajstić information content (AvgIpc) is 3.05. The molecule has 0 bridgehead atoms. The molecule has 2 heterocycles. The van der Waals surface area contributed by atoms with E-state index in [1.54, 1.807) is 19.6 Å². The molecule has 42 heavy (non-hydrogen) atoms. The Kier molecular flexibility index (Phi) is 9.75. The fourth-order valence-electron chi connectivity index (χ4n) is 7.48. The zero-order valence-electron chi connectivity index (χ0n) is 24.8. The average molecular weight is 565 g/mol. The van der Waals surface area contributed by atoms with E-state index in [0.717, 1.165) is 65.4 Å². The molecule has 0 saturated carbocycles. The smallest absolute Gasteiger partial charge is 0.152 e. The number of rotatable bonds is 10. The zero-order valence-corrected chi connectivity index (χ0v) is 24.8. The lowest BCUT2D eigenvalue weighted by molar-refractivity contribution is -1.03. The van der Waals surface area contributed by atoms with E-state index in [1.807, 2.05) is 0 Å². The first-order valence-corrected chi connectivity index (χ1v) is 16.0. The summed E-state index contributed by atoms with van der Waals surface area (Å²) in [5, 5.41) is 11.2. The Morgan fingerprint density at radius 1 is 0.405 bits per heavy atom. The van der Waals surface area contributed by atoms with Crippen LogP contribution in [0.4, 0.5) is 0 Å². The Morgan fingerprint density at radius 3 is 0.929 bits per heavy atom. The highest BCUT2D eigenvalue weighted by Gasteiger charge is 2.35. The minimum absolute atomic E-state index is 0.240. The van der Waals surface area contributed by atoms with Crippen LogP contribution in [0.2, 0.25) is 0 Å². The van der Waals surface area contributed by atoms with E-state index in [4.69, 9.17) is 0 Å². The van der Waals surface area contributed by atoms with Crippen LogP contribution in [0.5, 0.6) is 0 Å². The number of aliphatic hydroxyl groups excluding tert-OH is 1. The molecule has 0 aromatic heterocycles. The molecule has 0 aliphatic carbocycles. The number of piperazine rings is 2. The van der Waals surface area contributed by atoms with Crippen LogP contribution in [0.1, 0.15) is 34.3 Å². The van der Waals surface area contributed by atoms with E-state index in [0.29, 0.717) is 12.1 Å². The van der Waals surface area contributed by atoms with Gasteiger partial charge >= 0.3 is 0 Å². The molecule has 5 N–H and O–H groups in total. The van der Waals surface area contributed by atoms with Gasteiger partial charge < -0.3 is 24.7 Å². The monoisotopic (exact) mass is 564 g/mol. The van der Waals surface area contributed by atoms with Crippen molar-refractivity contribution in [1.82, 2.24) is 0 Å². The van der Waals surface area contributed by atoms with Gasteiger partial charge in [-0.1, -0.05) is 121 Å². The van der Waals surface area contributed by atoms with Crippen molar-refractivity contribution in [1.29, 1.82) is 0 Å². The summed E-state index contributed by atoms with van der Waals surface area (Å²) < 4.78 is 0. The van der Waals surface area contributed by atoms with Crippen LogP contribution in [0.15, 0.2) is 121 Å². The van der Waals surface area contributed by atoms with E-state index in [-0.39, 0.29) is 6.10 Å². The minimum Gasteiger partial charge on any atom is -0.382 e. The second kappa shape index (κ2) is 14.2. The minimum atomic E-state index is -0.240. The van der Waals surface area contributed by atoms with Gasteiger partial charge in [0.25, 0.3) is 0 Å². The van der Waals surface area contributed by atoms with Crippen LogP contribution in [-0.4, -0.2) is 76.7 Å². The van der Waals surface area contributed by atoms with Gasteiger partial charge in [0.15, 0.2) is 6.10 Å². The van der Waals surface area contributed by atoms with E-state index >= 15 is 0 Å². The number of aliphatic hydroxyl groups is 1. The van der Waals surface area contributed by atoms with Crippen LogP contribution in [0.25, 0.3) is 0 Å². The Hall–Kier alpha value is -3.32. The maximum Gasteiger partial charge on any atom is 0.152 e. The lowest BCUT2D eigenvalue weighted by Crippen LogP contribution is -3.30. The number of hydrogen-bond acceptors (Lipinski definition) is 1. The van der Waals surface area contributed by atoms with E-state index < -0.39 is 0 Å². The highest BCUT2D eigenvalue weighted by Crippen LogP contribution is 2.20. The molecule has 6 rings (SSSR count). The largest absolute Gasteiger partial charge is 0.382 e. The summed E-state index contributed by atoms with van der Waals surface area (Å²) in [5.41, 5.74) is 5.59. The molecule has 4 aromatic rings. The standard InChI is InChI=1S/C37H44N4O/c42-35(29-38-21-25-40(26-22-38)36(31-13-5-1-6-14-31)32-15-7-2-8-16-32)30-39-23-27-41(28-24-39)37(33-17-9-3-10-18-33)34-19-11-4-12-20-34/h1-20,35-37,42H,21-30H2/p+4. The Balaban J connectivity index is 1.00. The van der Waals surface area contributed by atoms with Gasteiger partial charge in [-0.3, -0.25) is 0 Å².